The Balaban J connectivity index is 2.26. The van der Waals surface area contributed by atoms with Crippen molar-refractivity contribution in [1.29, 1.82) is 0 Å². The second-order valence-corrected chi connectivity index (χ2v) is 4.93. The maximum atomic E-state index is 12.4. The number of hydrogen-bond donors (Lipinski definition) is 2. The Labute approximate surface area is 124 Å². The molecule has 0 saturated carbocycles. The number of ether oxygens (including phenoxy) is 1. The van der Waals surface area contributed by atoms with Gasteiger partial charge >= 0.3 is 0 Å². The van der Waals surface area contributed by atoms with Gasteiger partial charge in [-0.1, -0.05) is 12.1 Å². The van der Waals surface area contributed by atoms with E-state index in [1.807, 2.05) is 39.0 Å². The first kappa shape index (κ1) is 14.9. The highest BCUT2D eigenvalue weighted by Gasteiger charge is 2.11. The summed E-state index contributed by atoms with van der Waals surface area (Å²) in [5.41, 5.74) is 9.80. The third-order valence-corrected chi connectivity index (χ3v) is 3.35. The molecule has 0 spiro atoms. The lowest BCUT2D eigenvalue weighted by molar-refractivity contribution is 0.102. The smallest absolute Gasteiger partial charge is 0.255 e. The summed E-state index contributed by atoms with van der Waals surface area (Å²) in [5, 5.41) is 2.91. The summed E-state index contributed by atoms with van der Waals surface area (Å²) in [6, 6.07) is 10.9. The highest BCUT2D eigenvalue weighted by molar-refractivity contribution is 6.05. The number of nitrogens with one attached hydrogen (secondary N) is 1. The minimum atomic E-state index is -0.197. The van der Waals surface area contributed by atoms with Gasteiger partial charge in [-0.3, -0.25) is 4.79 Å². The zero-order valence-electron chi connectivity index (χ0n) is 12.6. The van der Waals surface area contributed by atoms with E-state index in [4.69, 9.17) is 10.5 Å². The van der Waals surface area contributed by atoms with Gasteiger partial charge in [0.2, 0.25) is 0 Å². The fourth-order valence-electron chi connectivity index (χ4n) is 2.08. The van der Waals surface area contributed by atoms with E-state index in [0.717, 1.165) is 16.8 Å². The lowest BCUT2D eigenvalue weighted by atomic mass is 10.1. The molecule has 1 amide bonds. The van der Waals surface area contributed by atoms with Gasteiger partial charge in [0, 0.05) is 23.0 Å². The largest absolute Gasteiger partial charge is 0.494 e. The summed E-state index contributed by atoms with van der Waals surface area (Å²) in [4.78, 5) is 12.4. The van der Waals surface area contributed by atoms with Crippen LogP contribution in [0, 0.1) is 13.8 Å². The van der Waals surface area contributed by atoms with E-state index < -0.39 is 0 Å². The molecule has 0 aliphatic heterocycles. The number of carbonyl (C=O) groups is 1. The molecule has 0 atom stereocenters. The first-order valence-corrected chi connectivity index (χ1v) is 6.92. The van der Waals surface area contributed by atoms with E-state index in [2.05, 4.69) is 5.32 Å². The molecule has 0 fully saturated rings. The zero-order valence-corrected chi connectivity index (χ0v) is 12.6. The van der Waals surface area contributed by atoms with Crippen LogP contribution in [0.3, 0.4) is 0 Å². The van der Waals surface area contributed by atoms with E-state index in [1.165, 1.54) is 0 Å². The Kier molecular flexibility index (Phi) is 4.48. The highest BCUT2D eigenvalue weighted by atomic mass is 16.5. The minimum absolute atomic E-state index is 0.197. The van der Waals surface area contributed by atoms with Gasteiger partial charge in [-0.05, 0) is 50.1 Å². The van der Waals surface area contributed by atoms with Gasteiger partial charge in [-0.25, -0.2) is 0 Å². The summed E-state index contributed by atoms with van der Waals surface area (Å²) < 4.78 is 5.41. The fraction of sp³-hybridized carbons (Fsp3) is 0.235. The SMILES string of the molecule is CCOc1cc(N)cc(C(=O)Nc2cccc(C)c2C)c1. The summed E-state index contributed by atoms with van der Waals surface area (Å²) >= 11 is 0. The van der Waals surface area contributed by atoms with E-state index in [9.17, 15) is 4.79 Å². The second kappa shape index (κ2) is 6.31. The van der Waals surface area contributed by atoms with Crippen LogP contribution in [0.2, 0.25) is 0 Å². The second-order valence-electron chi connectivity index (χ2n) is 4.93. The van der Waals surface area contributed by atoms with E-state index >= 15 is 0 Å². The van der Waals surface area contributed by atoms with Crippen molar-refractivity contribution in [3.8, 4) is 5.75 Å². The molecule has 2 aromatic rings. The quantitative estimate of drug-likeness (QED) is 0.844. The Bertz CT molecular complexity index is 666. The van der Waals surface area contributed by atoms with Crippen LogP contribution in [0.1, 0.15) is 28.4 Å². The van der Waals surface area contributed by atoms with Crippen molar-refractivity contribution in [2.75, 3.05) is 17.7 Å². The van der Waals surface area contributed by atoms with Crippen molar-refractivity contribution in [2.45, 2.75) is 20.8 Å². The number of rotatable bonds is 4. The molecule has 0 bridgehead atoms. The number of carbonyl (C=O) groups excluding carboxylic acids is 1. The molecule has 0 aromatic heterocycles. The van der Waals surface area contributed by atoms with Crippen LogP contribution < -0.4 is 15.8 Å². The van der Waals surface area contributed by atoms with Gasteiger partial charge in [-0.15, -0.1) is 0 Å². The van der Waals surface area contributed by atoms with Gasteiger partial charge in [0.25, 0.3) is 5.91 Å². The maximum Gasteiger partial charge on any atom is 0.255 e. The van der Waals surface area contributed by atoms with Crippen LogP contribution in [0.4, 0.5) is 11.4 Å². The normalized spacial score (nSPS) is 10.2. The predicted molar refractivity (Wildman–Crippen MR) is 85.9 cm³/mol. The van der Waals surface area contributed by atoms with Crippen LogP contribution in [-0.4, -0.2) is 12.5 Å². The molecule has 0 heterocycles. The van der Waals surface area contributed by atoms with Gasteiger partial charge in [0.1, 0.15) is 5.75 Å². The molecule has 110 valence electrons. The zero-order chi connectivity index (χ0) is 15.4. The molecule has 0 aliphatic rings. The fourth-order valence-corrected chi connectivity index (χ4v) is 2.08. The van der Waals surface area contributed by atoms with Crippen molar-refractivity contribution in [3.05, 3.63) is 53.1 Å². The number of anilines is 2. The Morgan fingerprint density at radius 3 is 2.71 bits per heavy atom. The number of amides is 1. The molecule has 0 saturated heterocycles. The van der Waals surface area contributed by atoms with Gasteiger partial charge in [0.15, 0.2) is 0 Å². The molecule has 2 aromatic carbocycles. The van der Waals surface area contributed by atoms with Gasteiger partial charge in [-0.2, -0.15) is 0 Å². The molecule has 0 unspecified atom stereocenters. The summed E-state index contributed by atoms with van der Waals surface area (Å²) in [6.07, 6.45) is 0. The van der Waals surface area contributed by atoms with Crippen LogP contribution in [-0.2, 0) is 0 Å². The molecule has 2 rings (SSSR count). The van der Waals surface area contributed by atoms with Crippen molar-refractivity contribution in [3.63, 3.8) is 0 Å². The number of nitrogen functional groups attached to an aromatic ring is 1. The molecule has 0 radical (unpaired) electrons. The van der Waals surface area contributed by atoms with E-state index in [-0.39, 0.29) is 5.91 Å². The van der Waals surface area contributed by atoms with Crippen LogP contribution in [0.25, 0.3) is 0 Å². The number of nitrogens with two attached hydrogens (primary N) is 1. The minimum Gasteiger partial charge on any atom is -0.494 e. The molecule has 4 nitrogen and oxygen atoms in total. The van der Waals surface area contributed by atoms with Crippen molar-refractivity contribution < 1.29 is 9.53 Å². The van der Waals surface area contributed by atoms with Gasteiger partial charge in [0.05, 0.1) is 6.61 Å². The van der Waals surface area contributed by atoms with E-state index in [0.29, 0.717) is 23.6 Å². The average Bonchev–Trinajstić information content (AvgIpc) is 2.43. The predicted octanol–water partition coefficient (Wildman–Crippen LogP) is 3.54. The van der Waals surface area contributed by atoms with Crippen molar-refractivity contribution in [2.24, 2.45) is 0 Å². The number of aryl methyl sites for hydroxylation is 1. The van der Waals surface area contributed by atoms with Crippen LogP contribution in [0.5, 0.6) is 5.75 Å². The molecular weight excluding hydrogens is 264 g/mol. The monoisotopic (exact) mass is 284 g/mol. The van der Waals surface area contributed by atoms with Crippen LogP contribution >= 0.6 is 0 Å². The molecule has 4 heteroatoms. The summed E-state index contributed by atoms with van der Waals surface area (Å²) in [6.45, 7) is 6.41. The molecule has 21 heavy (non-hydrogen) atoms. The summed E-state index contributed by atoms with van der Waals surface area (Å²) in [7, 11) is 0. The first-order valence-electron chi connectivity index (χ1n) is 6.92. The Morgan fingerprint density at radius 2 is 2.00 bits per heavy atom. The Hall–Kier alpha value is -2.49. The van der Waals surface area contributed by atoms with E-state index in [1.54, 1.807) is 18.2 Å². The molecule has 0 aliphatic carbocycles. The summed E-state index contributed by atoms with van der Waals surface area (Å²) in [5.74, 6) is 0.403. The average molecular weight is 284 g/mol. The van der Waals surface area contributed by atoms with Crippen LogP contribution in [0.15, 0.2) is 36.4 Å². The van der Waals surface area contributed by atoms with Crippen molar-refractivity contribution in [1.82, 2.24) is 0 Å². The Morgan fingerprint density at radius 1 is 1.24 bits per heavy atom. The number of hydrogen-bond acceptors (Lipinski definition) is 3. The first-order chi connectivity index (χ1) is 10.0. The lowest BCUT2D eigenvalue weighted by Gasteiger charge is -2.12. The highest BCUT2D eigenvalue weighted by Crippen LogP contribution is 2.22. The lowest BCUT2D eigenvalue weighted by Crippen LogP contribution is -2.13. The van der Waals surface area contributed by atoms with Crippen molar-refractivity contribution >= 4 is 17.3 Å². The standard InChI is InChI=1S/C17H20N2O2/c1-4-21-15-9-13(8-14(18)10-15)17(20)19-16-7-5-6-11(2)12(16)3/h5-10H,4,18H2,1-3H3,(H,19,20). The number of benzene rings is 2. The maximum absolute atomic E-state index is 12.4. The third kappa shape index (κ3) is 3.54. The van der Waals surface area contributed by atoms with Gasteiger partial charge < -0.3 is 15.8 Å². The molecular formula is C17H20N2O2. The third-order valence-electron chi connectivity index (χ3n) is 3.35. The molecule has 3 N–H and O–H groups in total. The topological polar surface area (TPSA) is 64.3 Å².